The molecule has 1 atom stereocenters. The molecule has 1 heterocycles. The van der Waals surface area contributed by atoms with Crippen LogP contribution >= 0.6 is 11.3 Å². The quantitative estimate of drug-likeness (QED) is 0.719. The maximum Gasteiger partial charge on any atom is 0.0386 e. The van der Waals surface area contributed by atoms with Gasteiger partial charge in [0.2, 0.25) is 0 Å². The van der Waals surface area contributed by atoms with Crippen molar-refractivity contribution in [1.82, 2.24) is 10.2 Å². The van der Waals surface area contributed by atoms with Crippen LogP contribution < -0.4 is 5.32 Å². The molecule has 1 aromatic heterocycles. The summed E-state index contributed by atoms with van der Waals surface area (Å²) in [5.41, 5.74) is 0. The van der Waals surface area contributed by atoms with E-state index in [1.807, 2.05) is 11.3 Å². The lowest BCUT2D eigenvalue weighted by atomic mass is 10.2. The summed E-state index contributed by atoms with van der Waals surface area (Å²) in [7, 11) is 4.25. The highest BCUT2D eigenvalue weighted by Crippen LogP contribution is 2.17. The average molecular weight is 226 g/mol. The summed E-state index contributed by atoms with van der Waals surface area (Å²) in [6.07, 6.45) is 2.53. The van der Waals surface area contributed by atoms with Gasteiger partial charge in [-0.05, 0) is 58.4 Å². The smallest absolute Gasteiger partial charge is 0.0386 e. The molecule has 0 amide bonds. The zero-order valence-electron chi connectivity index (χ0n) is 9.99. The van der Waals surface area contributed by atoms with E-state index in [0.29, 0.717) is 6.04 Å². The van der Waals surface area contributed by atoms with E-state index in [0.717, 1.165) is 6.54 Å². The van der Waals surface area contributed by atoms with E-state index in [4.69, 9.17) is 0 Å². The van der Waals surface area contributed by atoms with E-state index in [1.54, 1.807) is 0 Å². The Morgan fingerprint density at radius 3 is 2.80 bits per heavy atom. The maximum atomic E-state index is 3.55. The normalized spacial score (nSPS) is 13.3. The maximum absolute atomic E-state index is 3.55. The van der Waals surface area contributed by atoms with Gasteiger partial charge in [-0.15, -0.1) is 11.3 Å². The SMILES string of the molecule is CC(NCCCCN(C)C)c1cccs1. The molecule has 2 nitrogen and oxygen atoms in total. The Hall–Kier alpha value is -0.380. The standard InChI is InChI=1S/C12H22N2S/c1-11(12-7-6-10-15-12)13-8-4-5-9-14(2)3/h6-7,10-11,13H,4-5,8-9H2,1-3H3. The van der Waals surface area contributed by atoms with Crippen LogP contribution in [-0.2, 0) is 0 Å². The largest absolute Gasteiger partial charge is 0.309 e. The second kappa shape index (κ2) is 6.99. The van der Waals surface area contributed by atoms with Crippen molar-refractivity contribution in [3.63, 3.8) is 0 Å². The van der Waals surface area contributed by atoms with Crippen LogP contribution in [0.15, 0.2) is 17.5 Å². The summed E-state index contributed by atoms with van der Waals surface area (Å²) in [4.78, 5) is 3.67. The third-order valence-corrected chi connectivity index (χ3v) is 3.51. The number of thiophene rings is 1. The number of rotatable bonds is 7. The molecule has 1 rings (SSSR count). The molecule has 0 spiro atoms. The van der Waals surface area contributed by atoms with Crippen molar-refractivity contribution in [2.45, 2.75) is 25.8 Å². The van der Waals surface area contributed by atoms with Crippen LogP contribution in [0.4, 0.5) is 0 Å². The van der Waals surface area contributed by atoms with Gasteiger partial charge < -0.3 is 10.2 Å². The number of nitrogens with zero attached hydrogens (tertiary/aromatic N) is 1. The summed E-state index contributed by atoms with van der Waals surface area (Å²) in [5.74, 6) is 0. The van der Waals surface area contributed by atoms with Crippen LogP contribution in [0.5, 0.6) is 0 Å². The van der Waals surface area contributed by atoms with E-state index in [9.17, 15) is 0 Å². The first-order valence-electron chi connectivity index (χ1n) is 5.61. The van der Waals surface area contributed by atoms with Gasteiger partial charge in [-0.2, -0.15) is 0 Å². The Morgan fingerprint density at radius 2 is 2.20 bits per heavy atom. The van der Waals surface area contributed by atoms with Gasteiger partial charge in [0, 0.05) is 10.9 Å². The van der Waals surface area contributed by atoms with Gasteiger partial charge in [0.1, 0.15) is 0 Å². The predicted molar refractivity (Wildman–Crippen MR) is 68.5 cm³/mol. The third-order valence-electron chi connectivity index (χ3n) is 2.45. The van der Waals surface area contributed by atoms with Crippen molar-refractivity contribution in [3.8, 4) is 0 Å². The van der Waals surface area contributed by atoms with Crippen LogP contribution in [0, 0.1) is 0 Å². The summed E-state index contributed by atoms with van der Waals surface area (Å²) >= 11 is 1.83. The number of hydrogen-bond donors (Lipinski definition) is 1. The molecule has 0 fully saturated rings. The Morgan fingerprint density at radius 1 is 1.40 bits per heavy atom. The average Bonchev–Trinajstić information content (AvgIpc) is 2.69. The van der Waals surface area contributed by atoms with E-state index in [-0.39, 0.29) is 0 Å². The van der Waals surface area contributed by atoms with E-state index < -0.39 is 0 Å². The van der Waals surface area contributed by atoms with Gasteiger partial charge >= 0.3 is 0 Å². The molecule has 0 saturated heterocycles. The Labute approximate surface area is 97.3 Å². The first-order valence-corrected chi connectivity index (χ1v) is 6.49. The zero-order chi connectivity index (χ0) is 11.1. The Balaban J connectivity index is 2.05. The minimum atomic E-state index is 0.504. The van der Waals surface area contributed by atoms with Crippen molar-refractivity contribution in [1.29, 1.82) is 0 Å². The minimum Gasteiger partial charge on any atom is -0.309 e. The van der Waals surface area contributed by atoms with Crippen LogP contribution in [0.2, 0.25) is 0 Å². The fourth-order valence-electron chi connectivity index (χ4n) is 1.51. The second-order valence-corrected chi connectivity index (χ2v) is 5.18. The van der Waals surface area contributed by atoms with Crippen molar-refractivity contribution >= 4 is 11.3 Å². The molecule has 0 radical (unpaired) electrons. The van der Waals surface area contributed by atoms with Crippen LogP contribution in [-0.4, -0.2) is 32.1 Å². The zero-order valence-corrected chi connectivity index (χ0v) is 10.8. The van der Waals surface area contributed by atoms with Gasteiger partial charge in [-0.25, -0.2) is 0 Å². The Bertz CT molecular complexity index is 244. The minimum absolute atomic E-state index is 0.504. The molecule has 0 aliphatic heterocycles. The summed E-state index contributed by atoms with van der Waals surface area (Å²) in [6, 6.07) is 4.82. The fraction of sp³-hybridized carbons (Fsp3) is 0.667. The van der Waals surface area contributed by atoms with E-state index in [2.05, 4.69) is 48.7 Å². The third kappa shape index (κ3) is 5.30. The predicted octanol–water partition coefficient (Wildman–Crippen LogP) is 2.74. The molecule has 0 aromatic carbocycles. The molecule has 1 unspecified atom stereocenters. The highest BCUT2D eigenvalue weighted by Gasteiger charge is 2.04. The number of nitrogens with one attached hydrogen (secondary N) is 1. The monoisotopic (exact) mass is 226 g/mol. The van der Waals surface area contributed by atoms with Crippen molar-refractivity contribution < 1.29 is 0 Å². The molecule has 86 valence electrons. The lowest BCUT2D eigenvalue weighted by Gasteiger charge is -2.13. The summed E-state index contributed by atoms with van der Waals surface area (Å²) < 4.78 is 0. The molecule has 1 aromatic rings. The Kier molecular flexibility index (Phi) is 5.91. The van der Waals surface area contributed by atoms with Gasteiger partial charge in [0.05, 0.1) is 0 Å². The van der Waals surface area contributed by atoms with Crippen molar-refractivity contribution in [2.75, 3.05) is 27.2 Å². The van der Waals surface area contributed by atoms with Crippen molar-refractivity contribution in [3.05, 3.63) is 22.4 Å². The topological polar surface area (TPSA) is 15.3 Å². The molecular formula is C12H22N2S. The molecule has 0 saturated carbocycles. The van der Waals surface area contributed by atoms with Crippen LogP contribution in [0.25, 0.3) is 0 Å². The van der Waals surface area contributed by atoms with Crippen molar-refractivity contribution in [2.24, 2.45) is 0 Å². The number of hydrogen-bond acceptors (Lipinski definition) is 3. The van der Waals surface area contributed by atoms with Gasteiger partial charge in [-0.1, -0.05) is 6.07 Å². The highest BCUT2D eigenvalue weighted by atomic mass is 32.1. The first-order chi connectivity index (χ1) is 7.20. The highest BCUT2D eigenvalue weighted by molar-refractivity contribution is 7.10. The summed E-state index contributed by atoms with van der Waals surface area (Å²) in [5, 5.41) is 5.69. The van der Waals surface area contributed by atoms with Gasteiger partial charge in [0.25, 0.3) is 0 Å². The van der Waals surface area contributed by atoms with E-state index in [1.165, 1.54) is 24.3 Å². The lowest BCUT2D eigenvalue weighted by Crippen LogP contribution is -2.20. The lowest BCUT2D eigenvalue weighted by molar-refractivity contribution is 0.389. The molecule has 0 aliphatic carbocycles. The molecule has 0 bridgehead atoms. The summed E-state index contributed by atoms with van der Waals surface area (Å²) in [6.45, 7) is 4.54. The molecular weight excluding hydrogens is 204 g/mol. The first kappa shape index (κ1) is 12.7. The van der Waals surface area contributed by atoms with Gasteiger partial charge in [-0.3, -0.25) is 0 Å². The molecule has 0 aliphatic rings. The fourth-order valence-corrected chi connectivity index (χ4v) is 2.27. The van der Waals surface area contributed by atoms with E-state index >= 15 is 0 Å². The molecule has 1 N–H and O–H groups in total. The van der Waals surface area contributed by atoms with Gasteiger partial charge in [0.15, 0.2) is 0 Å². The van der Waals surface area contributed by atoms with Crippen LogP contribution in [0.1, 0.15) is 30.7 Å². The molecule has 15 heavy (non-hydrogen) atoms. The second-order valence-electron chi connectivity index (χ2n) is 4.20. The number of unbranched alkanes of at least 4 members (excludes halogenated alkanes) is 1. The van der Waals surface area contributed by atoms with Crippen LogP contribution in [0.3, 0.4) is 0 Å². The molecule has 3 heteroatoms.